The Bertz CT molecular complexity index is 576. The molecule has 1 fully saturated rings. The van der Waals surface area contributed by atoms with Crippen molar-refractivity contribution in [2.45, 2.75) is 31.8 Å². The highest BCUT2D eigenvalue weighted by Gasteiger charge is 2.26. The van der Waals surface area contributed by atoms with E-state index < -0.39 is 0 Å². The number of likely N-dealkylation sites (tertiary alicyclic amines) is 1. The van der Waals surface area contributed by atoms with E-state index in [1.807, 2.05) is 23.1 Å². The largest absolute Gasteiger partial charge is 0.348 e. The molecule has 5 nitrogen and oxygen atoms in total. The van der Waals surface area contributed by atoms with Gasteiger partial charge in [-0.2, -0.15) is 0 Å². The van der Waals surface area contributed by atoms with E-state index in [-0.39, 0.29) is 11.9 Å². The van der Waals surface area contributed by atoms with Gasteiger partial charge in [-0.1, -0.05) is 30.3 Å². The molecule has 0 spiro atoms. The molecule has 1 aliphatic heterocycles. The van der Waals surface area contributed by atoms with E-state index in [1.165, 1.54) is 5.56 Å². The van der Waals surface area contributed by atoms with Crippen molar-refractivity contribution in [1.29, 1.82) is 0 Å². The van der Waals surface area contributed by atoms with Crippen LogP contribution in [0.5, 0.6) is 0 Å². The number of rotatable bonds is 6. The van der Waals surface area contributed by atoms with E-state index in [4.69, 9.17) is 0 Å². The number of nitrogens with zero attached hydrogens (tertiary/aromatic N) is 2. The summed E-state index contributed by atoms with van der Waals surface area (Å²) in [6.45, 7) is 2.34. The second-order valence-corrected chi connectivity index (χ2v) is 5.69. The Hall–Kier alpha value is -2.14. The van der Waals surface area contributed by atoms with Crippen LogP contribution in [-0.2, 0) is 17.8 Å². The van der Waals surface area contributed by atoms with Crippen LogP contribution < -0.4 is 5.32 Å². The second-order valence-electron chi connectivity index (χ2n) is 5.69. The number of hydrogen-bond donors (Lipinski definition) is 2. The third kappa shape index (κ3) is 3.74. The Balaban J connectivity index is 1.67. The Labute approximate surface area is 130 Å². The van der Waals surface area contributed by atoms with Crippen molar-refractivity contribution in [3.8, 4) is 0 Å². The van der Waals surface area contributed by atoms with Crippen LogP contribution in [0, 0.1) is 0 Å². The van der Waals surface area contributed by atoms with Gasteiger partial charge < -0.3 is 9.88 Å². The average Bonchev–Trinajstić information content (AvgIpc) is 3.25. The Morgan fingerprint density at radius 2 is 2.05 bits per heavy atom. The molecule has 2 N–H and O–H groups in total. The molecule has 0 saturated carbocycles. The standard InChI is InChI=1S/C17H22N4O/c22-17(21-10-4-5-11-21)15(12-14-6-2-1-3-7-14)20-13-16-18-8-9-19-16/h1-3,6-9,15,20H,4-5,10-13H2,(H,18,19). The minimum absolute atomic E-state index is 0.202. The Morgan fingerprint density at radius 3 is 2.73 bits per heavy atom. The first-order valence-electron chi connectivity index (χ1n) is 7.87. The molecule has 5 heteroatoms. The van der Waals surface area contributed by atoms with Gasteiger partial charge >= 0.3 is 0 Å². The number of carbonyl (C=O) groups is 1. The molecule has 1 saturated heterocycles. The lowest BCUT2D eigenvalue weighted by Crippen LogP contribution is -2.46. The fraction of sp³-hybridized carbons (Fsp3) is 0.412. The van der Waals surface area contributed by atoms with Gasteiger partial charge in [0.25, 0.3) is 0 Å². The number of hydrogen-bond acceptors (Lipinski definition) is 3. The molecular formula is C17H22N4O. The van der Waals surface area contributed by atoms with Crippen molar-refractivity contribution in [3.63, 3.8) is 0 Å². The molecule has 0 radical (unpaired) electrons. The second kappa shape index (κ2) is 7.22. The summed E-state index contributed by atoms with van der Waals surface area (Å²) in [4.78, 5) is 22.0. The number of imidazole rings is 1. The van der Waals surface area contributed by atoms with E-state index in [9.17, 15) is 4.79 Å². The average molecular weight is 298 g/mol. The molecule has 1 aromatic heterocycles. The summed E-state index contributed by atoms with van der Waals surface area (Å²) >= 11 is 0. The van der Waals surface area contributed by atoms with Crippen molar-refractivity contribution in [2.75, 3.05) is 13.1 Å². The summed E-state index contributed by atoms with van der Waals surface area (Å²) in [5.74, 6) is 1.06. The lowest BCUT2D eigenvalue weighted by molar-refractivity contribution is -0.132. The van der Waals surface area contributed by atoms with Crippen LogP contribution in [0.25, 0.3) is 0 Å². The van der Waals surface area contributed by atoms with E-state index in [0.29, 0.717) is 13.0 Å². The number of aromatic nitrogens is 2. The molecule has 0 aliphatic carbocycles. The monoisotopic (exact) mass is 298 g/mol. The summed E-state index contributed by atoms with van der Waals surface area (Å²) in [6, 6.07) is 9.96. The summed E-state index contributed by atoms with van der Waals surface area (Å²) in [6.07, 6.45) is 6.46. The summed E-state index contributed by atoms with van der Waals surface area (Å²) in [5, 5.41) is 3.36. The van der Waals surface area contributed by atoms with Gasteiger partial charge in [0.2, 0.25) is 5.91 Å². The lowest BCUT2D eigenvalue weighted by atomic mass is 10.0. The van der Waals surface area contributed by atoms with Crippen molar-refractivity contribution in [1.82, 2.24) is 20.2 Å². The zero-order valence-electron chi connectivity index (χ0n) is 12.7. The molecule has 1 aliphatic rings. The van der Waals surface area contributed by atoms with Gasteiger partial charge in [0, 0.05) is 25.5 Å². The zero-order chi connectivity index (χ0) is 15.2. The minimum Gasteiger partial charge on any atom is -0.348 e. The number of aromatic amines is 1. The zero-order valence-corrected chi connectivity index (χ0v) is 12.7. The topological polar surface area (TPSA) is 61.0 Å². The number of carbonyl (C=O) groups excluding carboxylic acids is 1. The quantitative estimate of drug-likeness (QED) is 0.854. The minimum atomic E-state index is -0.203. The fourth-order valence-corrected chi connectivity index (χ4v) is 2.87. The molecule has 1 atom stereocenters. The van der Waals surface area contributed by atoms with Crippen LogP contribution in [0.2, 0.25) is 0 Å². The predicted molar refractivity (Wildman–Crippen MR) is 85.2 cm³/mol. The molecule has 3 rings (SSSR count). The molecule has 1 amide bonds. The highest BCUT2D eigenvalue weighted by molar-refractivity contribution is 5.82. The molecule has 1 aromatic carbocycles. The van der Waals surface area contributed by atoms with Gasteiger partial charge in [-0.25, -0.2) is 4.98 Å². The Kier molecular flexibility index (Phi) is 4.85. The summed E-state index contributed by atoms with van der Waals surface area (Å²) in [5.41, 5.74) is 1.17. The van der Waals surface area contributed by atoms with E-state index >= 15 is 0 Å². The van der Waals surface area contributed by atoms with Crippen LogP contribution in [0.4, 0.5) is 0 Å². The van der Waals surface area contributed by atoms with Crippen molar-refractivity contribution in [2.24, 2.45) is 0 Å². The first-order valence-corrected chi connectivity index (χ1v) is 7.87. The van der Waals surface area contributed by atoms with Gasteiger partial charge in [0.15, 0.2) is 0 Å². The van der Waals surface area contributed by atoms with Crippen LogP contribution in [0.15, 0.2) is 42.7 Å². The normalized spacial score (nSPS) is 15.9. The van der Waals surface area contributed by atoms with Crippen molar-refractivity contribution < 1.29 is 4.79 Å². The molecular weight excluding hydrogens is 276 g/mol. The summed E-state index contributed by atoms with van der Waals surface area (Å²) in [7, 11) is 0. The predicted octanol–water partition coefficient (Wildman–Crippen LogP) is 1.73. The lowest BCUT2D eigenvalue weighted by Gasteiger charge is -2.24. The first-order chi connectivity index (χ1) is 10.8. The molecule has 1 unspecified atom stereocenters. The Morgan fingerprint density at radius 1 is 1.27 bits per heavy atom. The van der Waals surface area contributed by atoms with Crippen molar-refractivity contribution >= 4 is 5.91 Å². The number of H-pyrrole nitrogens is 1. The fourth-order valence-electron chi connectivity index (χ4n) is 2.87. The van der Waals surface area contributed by atoms with Gasteiger partial charge in [-0.05, 0) is 24.8 Å². The van der Waals surface area contributed by atoms with E-state index in [0.717, 1.165) is 31.8 Å². The maximum Gasteiger partial charge on any atom is 0.240 e. The van der Waals surface area contributed by atoms with E-state index in [2.05, 4.69) is 27.4 Å². The summed E-state index contributed by atoms with van der Waals surface area (Å²) < 4.78 is 0. The van der Waals surface area contributed by atoms with E-state index in [1.54, 1.807) is 12.4 Å². The molecule has 0 bridgehead atoms. The molecule has 116 valence electrons. The van der Waals surface area contributed by atoms with Crippen molar-refractivity contribution in [3.05, 3.63) is 54.1 Å². The van der Waals surface area contributed by atoms with Gasteiger partial charge in [0.05, 0.1) is 12.6 Å². The molecule has 22 heavy (non-hydrogen) atoms. The van der Waals surface area contributed by atoms with Gasteiger partial charge in [-0.3, -0.25) is 10.1 Å². The first kappa shape index (κ1) is 14.8. The molecule has 2 heterocycles. The highest BCUT2D eigenvalue weighted by Crippen LogP contribution is 2.12. The van der Waals surface area contributed by atoms with Crippen LogP contribution in [0.1, 0.15) is 24.2 Å². The smallest absolute Gasteiger partial charge is 0.240 e. The third-order valence-corrected chi connectivity index (χ3v) is 4.07. The number of nitrogens with one attached hydrogen (secondary N) is 2. The van der Waals surface area contributed by atoms with Crippen LogP contribution in [0.3, 0.4) is 0 Å². The number of amides is 1. The number of benzene rings is 1. The highest BCUT2D eigenvalue weighted by atomic mass is 16.2. The van der Waals surface area contributed by atoms with Gasteiger partial charge in [0.1, 0.15) is 5.82 Å². The molecule has 2 aromatic rings. The van der Waals surface area contributed by atoms with Crippen LogP contribution in [-0.4, -0.2) is 39.9 Å². The maximum absolute atomic E-state index is 12.7. The SMILES string of the molecule is O=C(C(Cc1ccccc1)NCc1ncc[nH]1)N1CCCC1. The van der Waals surface area contributed by atoms with Crippen LogP contribution >= 0.6 is 0 Å². The maximum atomic E-state index is 12.7. The third-order valence-electron chi connectivity index (χ3n) is 4.07. The van der Waals surface area contributed by atoms with Gasteiger partial charge in [-0.15, -0.1) is 0 Å².